The van der Waals surface area contributed by atoms with E-state index in [1.54, 1.807) is 0 Å². The van der Waals surface area contributed by atoms with Crippen LogP contribution in [0.15, 0.2) is 55.2 Å². The second-order valence-corrected chi connectivity index (χ2v) is 6.97. The van der Waals surface area contributed by atoms with Gasteiger partial charge in [-0.2, -0.15) is 18.3 Å². The zero-order valence-electron chi connectivity index (χ0n) is 14.6. The van der Waals surface area contributed by atoms with Crippen molar-refractivity contribution in [2.45, 2.75) is 36.6 Å². The lowest BCUT2D eigenvalue weighted by Gasteiger charge is -2.37. The maximum atomic E-state index is 13.4. The van der Waals surface area contributed by atoms with Gasteiger partial charge in [-0.25, -0.2) is 14.1 Å². The number of hydrogen-bond donors (Lipinski definition) is 1. The summed E-state index contributed by atoms with van der Waals surface area (Å²) in [6.45, 7) is 0.00132. The molecule has 3 aromatic rings. The van der Waals surface area contributed by atoms with E-state index in [0.29, 0.717) is 24.1 Å². The Labute approximate surface area is 157 Å². The van der Waals surface area contributed by atoms with E-state index < -0.39 is 28.6 Å². The van der Waals surface area contributed by atoms with E-state index in [9.17, 15) is 22.7 Å². The Hall–Kier alpha value is -2.81. The summed E-state index contributed by atoms with van der Waals surface area (Å²) >= 11 is 0. The molecule has 0 aliphatic heterocycles. The van der Waals surface area contributed by atoms with Gasteiger partial charge in [-0.15, -0.1) is 0 Å². The lowest BCUT2D eigenvalue weighted by Crippen LogP contribution is -2.44. The molecule has 146 valence electrons. The van der Waals surface area contributed by atoms with Crippen LogP contribution in [0.2, 0.25) is 0 Å². The Bertz CT molecular complexity index is 951. The van der Waals surface area contributed by atoms with Gasteiger partial charge in [-0.3, -0.25) is 4.98 Å². The Kier molecular flexibility index (Phi) is 4.22. The molecule has 1 aliphatic carbocycles. The van der Waals surface area contributed by atoms with Crippen LogP contribution in [0.25, 0.3) is 0 Å². The lowest BCUT2D eigenvalue weighted by molar-refractivity contribution is -0.137. The standard InChI is InChI=1S/C19H16F4N4O/c20-15-4-1-13(2-5-15)18(28,10-27-12-24-11-26-27)17(7-8-17)16-6-3-14(9-25-16)19(21,22)23/h1-6,9,11-12,28H,7-8,10H2. The van der Waals surface area contributed by atoms with Gasteiger partial charge in [0.25, 0.3) is 0 Å². The minimum Gasteiger partial charge on any atom is -0.382 e. The molecule has 2 aromatic heterocycles. The van der Waals surface area contributed by atoms with Crippen molar-refractivity contribution in [2.75, 3.05) is 0 Å². The summed E-state index contributed by atoms with van der Waals surface area (Å²) in [6, 6.07) is 7.66. The van der Waals surface area contributed by atoms with Crippen LogP contribution in [0.5, 0.6) is 0 Å². The van der Waals surface area contributed by atoms with Crippen molar-refractivity contribution in [3.05, 3.63) is 77.9 Å². The van der Waals surface area contributed by atoms with E-state index in [0.717, 1.165) is 12.3 Å². The zero-order valence-corrected chi connectivity index (χ0v) is 14.6. The Morgan fingerprint density at radius 1 is 1.04 bits per heavy atom. The van der Waals surface area contributed by atoms with Crippen molar-refractivity contribution in [1.29, 1.82) is 0 Å². The first-order valence-electron chi connectivity index (χ1n) is 8.59. The zero-order chi connectivity index (χ0) is 20.0. The van der Waals surface area contributed by atoms with Gasteiger partial charge >= 0.3 is 6.18 Å². The molecule has 1 fully saturated rings. The Morgan fingerprint density at radius 3 is 2.21 bits per heavy atom. The molecule has 0 bridgehead atoms. The first kappa shape index (κ1) is 18.5. The molecule has 5 nitrogen and oxygen atoms in total. The SMILES string of the molecule is OC(Cn1cncn1)(c1ccc(F)cc1)C1(c2ccc(C(F)(F)F)cn2)CC1. The van der Waals surface area contributed by atoms with Crippen LogP contribution in [0.1, 0.15) is 29.7 Å². The van der Waals surface area contributed by atoms with Crippen molar-refractivity contribution in [3.63, 3.8) is 0 Å². The monoisotopic (exact) mass is 392 g/mol. The molecular formula is C19H16F4N4O. The number of nitrogens with zero attached hydrogens (tertiary/aromatic N) is 4. The smallest absolute Gasteiger partial charge is 0.382 e. The topological polar surface area (TPSA) is 63.8 Å². The van der Waals surface area contributed by atoms with Crippen LogP contribution in [-0.2, 0) is 23.7 Å². The minimum atomic E-state index is -4.49. The maximum Gasteiger partial charge on any atom is 0.417 e. The average molecular weight is 392 g/mol. The van der Waals surface area contributed by atoms with Gasteiger partial charge in [-0.1, -0.05) is 12.1 Å². The van der Waals surface area contributed by atoms with Crippen LogP contribution in [0.4, 0.5) is 17.6 Å². The van der Waals surface area contributed by atoms with Crippen LogP contribution in [-0.4, -0.2) is 24.9 Å². The van der Waals surface area contributed by atoms with Gasteiger partial charge in [0, 0.05) is 17.3 Å². The van der Waals surface area contributed by atoms with E-state index >= 15 is 0 Å². The molecule has 28 heavy (non-hydrogen) atoms. The molecule has 0 radical (unpaired) electrons. The summed E-state index contributed by atoms with van der Waals surface area (Å²) in [5.74, 6) is -0.454. The fourth-order valence-corrected chi connectivity index (χ4v) is 3.64. The quantitative estimate of drug-likeness (QED) is 0.676. The molecule has 0 spiro atoms. The molecule has 1 atom stereocenters. The summed E-state index contributed by atoms with van der Waals surface area (Å²) in [7, 11) is 0. The van der Waals surface area contributed by atoms with Crippen LogP contribution in [0, 0.1) is 5.82 Å². The first-order chi connectivity index (χ1) is 13.2. The number of hydrogen-bond acceptors (Lipinski definition) is 4. The van der Waals surface area contributed by atoms with Gasteiger partial charge in [0.2, 0.25) is 0 Å². The van der Waals surface area contributed by atoms with Crippen LogP contribution >= 0.6 is 0 Å². The second kappa shape index (κ2) is 6.37. The van der Waals surface area contributed by atoms with E-state index in [1.165, 1.54) is 47.7 Å². The average Bonchev–Trinajstić information content (AvgIpc) is 3.34. The third-order valence-corrected chi connectivity index (χ3v) is 5.30. The predicted molar refractivity (Wildman–Crippen MR) is 90.5 cm³/mol. The van der Waals surface area contributed by atoms with Gasteiger partial charge < -0.3 is 5.11 Å². The Morgan fingerprint density at radius 2 is 1.71 bits per heavy atom. The number of benzene rings is 1. The summed E-state index contributed by atoms with van der Waals surface area (Å²) in [5, 5.41) is 15.8. The van der Waals surface area contributed by atoms with Crippen LogP contribution in [0.3, 0.4) is 0 Å². The number of aliphatic hydroxyl groups is 1. The molecule has 1 aliphatic rings. The maximum absolute atomic E-state index is 13.4. The predicted octanol–water partition coefficient (Wildman–Crippen LogP) is 3.45. The van der Waals surface area contributed by atoms with Gasteiger partial charge in [0.15, 0.2) is 0 Å². The number of rotatable bonds is 5. The van der Waals surface area contributed by atoms with E-state index in [2.05, 4.69) is 15.1 Å². The highest BCUT2D eigenvalue weighted by Crippen LogP contribution is 2.59. The molecule has 1 unspecified atom stereocenters. The van der Waals surface area contributed by atoms with Crippen LogP contribution < -0.4 is 0 Å². The molecule has 1 aromatic carbocycles. The molecule has 1 N–H and O–H groups in total. The number of halogens is 4. The summed E-state index contributed by atoms with van der Waals surface area (Å²) < 4.78 is 53.5. The third-order valence-electron chi connectivity index (χ3n) is 5.30. The van der Waals surface area contributed by atoms with E-state index in [1.807, 2.05) is 0 Å². The van der Waals surface area contributed by atoms with E-state index in [4.69, 9.17) is 0 Å². The van der Waals surface area contributed by atoms with Crippen molar-refractivity contribution in [3.8, 4) is 0 Å². The molecule has 1 saturated carbocycles. The summed E-state index contributed by atoms with van der Waals surface area (Å²) in [4.78, 5) is 7.89. The van der Waals surface area contributed by atoms with Crippen molar-refractivity contribution < 1.29 is 22.7 Å². The molecule has 0 amide bonds. The number of alkyl halides is 3. The largest absolute Gasteiger partial charge is 0.417 e. The molecule has 0 saturated heterocycles. The van der Waals surface area contributed by atoms with Crippen molar-refractivity contribution >= 4 is 0 Å². The van der Waals surface area contributed by atoms with Crippen molar-refractivity contribution in [2.24, 2.45) is 0 Å². The summed E-state index contributed by atoms with van der Waals surface area (Å²) in [6.07, 6.45) is 0.0832. The molecule has 2 heterocycles. The fourth-order valence-electron chi connectivity index (χ4n) is 3.64. The highest BCUT2D eigenvalue weighted by molar-refractivity contribution is 5.39. The highest BCUT2D eigenvalue weighted by atomic mass is 19.4. The minimum absolute atomic E-state index is 0.00132. The normalized spacial score (nSPS) is 17.9. The van der Waals surface area contributed by atoms with Gasteiger partial charge in [0.05, 0.1) is 12.1 Å². The fraction of sp³-hybridized carbons (Fsp3) is 0.316. The van der Waals surface area contributed by atoms with E-state index in [-0.39, 0.29) is 6.54 Å². The third kappa shape index (κ3) is 3.05. The highest BCUT2D eigenvalue weighted by Gasteiger charge is 2.62. The molecule has 9 heteroatoms. The second-order valence-electron chi connectivity index (χ2n) is 6.97. The molecule has 4 rings (SSSR count). The number of pyridine rings is 1. The number of aromatic nitrogens is 4. The lowest BCUT2D eigenvalue weighted by atomic mass is 9.76. The van der Waals surface area contributed by atoms with Gasteiger partial charge in [0.1, 0.15) is 24.1 Å². The summed E-state index contributed by atoms with van der Waals surface area (Å²) in [5.41, 5.74) is -2.52. The molecular weight excluding hydrogens is 376 g/mol. The van der Waals surface area contributed by atoms with Crippen molar-refractivity contribution in [1.82, 2.24) is 19.7 Å². The first-order valence-corrected chi connectivity index (χ1v) is 8.59. The Balaban J connectivity index is 1.78. The van der Waals surface area contributed by atoms with Gasteiger partial charge in [-0.05, 0) is 42.7 Å².